The van der Waals surface area contributed by atoms with Crippen molar-refractivity contribution in [3.63, 3.8) is 0 Å². The van der Waals surface area contributed by atoms with Gasteiger partial charge < -0.3 is 4.74 Å². The van der Waals surface area contributed by atoms with Gasteiger partial charge in [-0.05, 0) is 27.7 Å². The van der Waals surface area contributed by atoms with E-state index in [1.807, 2.05) is 27.7 Å². The fourth-order valence-corrected chi connectivity index (χ4v) is 2.91. The first-order chi connectivity index (χ1) is 10.4. The third-order valence-electron chi connectivity index (χ3n) is 3.38. The lowest BCUT2D eigenvalue weighted by atomic mass is 10.1. The number of carbonyl (C=O) groups excluding carboxylic acids is 1. The summed E-state index contributed by atoms with van der Waals surface area (Å²) in [7, 11) is -3.43. The van der Waals surface area contributed by atoms with Crippen molar-refractivity contribution in [3.8, 4) is 0 Å². The molecule has 0 aromatic heterocycles. The van der Waals surface area contributed by atoms with Crippen LogP contribution in [0.25, 0.3) is 0 Å². The summed E-state index contributed by atoms with van der Waals surface area (Å²) in [5.74, 6) is 0. The van der Waals surface area contributed by atoms with Crippen LogP contribution >= 0.6 is 0 Å². The van der Waals surface area contributed by atoms with Crippen molar-refractivity contribution in [3.05, 3.63) is 12.7 Å². The maximum Gasteiger partial charge on any atom is 0.411 e. The molecule has 1 fully saturated rings. The molecule has 0 saturated carbocycles. The Labute approximate surface area is 139 Å². The topological polar surface area (TPSA) is 76.2 Å². The molecule has 0 bridgehead atoms. The van der Waals surface area contributed by atoms with Gasteiger partial charge in [-0.1, -0.05) is 6.08 Å². The zero-order chi connectivity index (χ0) is 17.8. The zero-order valence-electron chi connectivity index (χ0n) is 14.6. The second-order valence-electron chi connectivity index (χ2n) is 6.83. The van der Waals surface area contributed by atoms with E-state index >= 15 is 0 Å². The van der Waals surface area contributed by atoms with Crippen molar-refractivity contribution in [1.29, 1.82) is 0 Å². The van der Waals surface area contributed by atoms with E-state index < -0.39 is 15.7 Å². The average Bonchev–Trinajstić information content (AvgIpc) is 2.33. The number of rotatable bonds is 5. The van der Waals surface area contributed by atoms with Crippen molar-refractivity contribution in [2.75, 3.05) is 32.5 Å². The standard InChI is InChI=1S/C15H28N2O5S/c1-7-13-11-16(8-9-21-23(6,19)20)10-12(2)17(13)14(18)22-15(3,4)5/h7,12-13H,1,8-11H2,2-6H3/t12-,13-/m1/s1. The number of ether oxygens (including phenoxy) is 1. The maximum absolute atomic E-state index is 12.4. The van der Waals surface area contributed by atoms with Crippen LogP contribution in [0.3, 0.4) is 0 Å². The third-order valence-corrected chi connectivity index (χ3v) is 3.98. The lowest BCUT2D eigenvalue weighted by Gasteiger charge is -2.44. The Balaban J connectivity index is 2.67. The Hall–Kier alpha value is -1.12. The molecule has 1 heterocycles. The van der Waals surface area contributed by atoms with Gasteiger partial charge in [-0.3, -0.25) is 14.0 Å². The molecule has 0 unspecified atom stereocenters. The van der Waals surface area contributed by atoms with E-state index in [2.05, 4.69) is 11.5 Å². The molecular formula is C15H28N2O5S. The largest absolute Gasteiger partial charge is 0.444 e. The predicted molar refractivity (Wildman–Crippen MR) is 88.8 cm³/mol. The first-order valence-electron chi connectivity index (χ1n) is 7.63. The highest BCUT2D eigenvalue weighted by molar-refractivity contribution is 7.85. The highest BCUT2D eigenvalue weighted by Crippen LogP contribution is 2.20. The van der Waals surface area contributed by atoms with Crippen LogP contribution in [0.1, 0.15) is 27.7 Å². The van der Waals surface area contributed by atoms with Gasteiger partial charge in [0.1, 0.15) is 5.60 Å². The van der Waals surface area contributed by atoms with E-state index in [0.29, 0.717) is 19.6 Å². The Morgan fingerprint density at radius 3 is 2.43 bits per heavy atom. The fourth-order valence-electron chi connectivity index (χ4n) is 2.53. The molecule has 1 amide bonds. The molecule has 23 heavy (non-hydrogen) atoms. The Morgan fingerprint density at radius 1 is 1.35 bits per heavy atom. The van der Waals surface area contributed by atoms with Gasteiger partial charge >= 0.3 is 6.09 Å². The Bertz CT molecular complexity index is 526. The number of amides is 1. The fraction of sp³-hybridized carbons (Fsp3) is 0.800. The van der Waals surface area contributed by atoms with Gasteiger partial charge in [-0.25, -0.2) is 4.79 Å². The minimum absolute atomic E-state index is 0.0696. The lowest BCUT2D eigenvalue weighted by molar-refractivity contribution is -0.0112. The summed E-state index contributed by atoms with van der Waals surface area (Å²) in [5.41, 5.74) is -0.553. The molecule has 1 aliphatic heterocycles. The van der Waals surface area contributed by atoms with Gasteiger partial charge in [-0.15, -0.1) is 6.58 Å². The van der Waals surface area contributed by atoms with E-state index in [9.17, 15) is 13.2 Å². The molecule has 0 N–H and O–H groups in total. The second kappa shape index (κ2) is 7.63. The molecule has 134 valence electrons. The van der Waals surface area contributed by atoms with E-state index in [1.54, 1.807) is 11.0 Å². The summed E-state index contributed by atoms with van der Waals surface area (Å²) < 4.78 is 32.2. The number of hydrogen-bond acceptors (Lipinski definition) is 6. The van der Waals surface area contributed by atoms with Crippen molar-refractivity contribution >= 4 is 16.2 Å². The molecule has 1 aliphatic rings. The molecule has 1 rings (SSSR count). The summed E-state index contributed by atoms with van der Waals surface area (Å²) in [5, 5.41) is 0. The van der Waals surface area contributed by atoms with Gasteiger partial charge in [0.25, 0.3) is 10.1 Å². The van der Waals surface area contributed by atoms with Crippen molar-refractivity contribution < 1.29 is 22.1 Å². The first-order valence-corrected chi connectivity index (χ1v) is 9.45. The summed E-state index contributed by atoms with van der Waals surface area (Å²) in [6.45, 7) is 13.0. The molecule has 2 atom stereocenters. The minimum atomic E-state index is -3.43. The van der Waals surface area contributed by atoms with Crippen molar-refractivity contribution in [2.24, 2.45) is 0 Å². The number of nitrogens with zero attached hydrogens (tertiary/aromatic N) is 2. The monoisotopic (exact) mass is 348 g/mol. The van der Waals surface area contributed by atoms with Crippen LogP contribution in [0.5, 0.6) is 0 Å². The average molecular weight is 348 g/mol. The SMILES string of the molecule is C=C[C@@H]1CN(CCOS(C)(=O)=O)C[C@@H](C)N1C(=O)OC(C)(C)C. The van der Waals surface area contributed by atoms with E-state index in [0.717, 1.165) is 6.26 Å². The minimum Gasteiger partial charge on any atom is -0.444 e. The van der Waals surface area contributed by atoms with Gasteiger partial charge in [0, 0.05) is 25.7 Å². The van der Waals surface area contributed by atoms with Crippen molar-refractivity contribution in [1.82, 2.24) is 9.80 Å². The number of hydrogen-bond donors (Lipinski definition) is 0. The molecule has 0 aliphatic carbocycles. The van der Waals surface area contributed by atoms with Crippen LogP contribution in [0.4, 0.5) is 4.79 Å². The van der Waals surface area contributed by atoms with Crippen molar-refractivity contribution in [2.45, 2.75) is 45.4 Å². The Kier molecular flexibility index (Phi) is 6.61. The molecule has 0 aromatic rings. The molecule has 0 spiro atoms. The molecule has 1 saturated heterocycles. The lowest BCUT2D eigenvalue weighted by Crippen LogP contribution is -2.60. The van der Waals surface area contributed by atoms with Crippen LogP contribution in [0.2, 0.25) is 0 Å². The zero-order valence-corrected chi connectivity index (χ0v) is 15.4. The van der Waals surface area contributed by atoms with Crippen LogP contribution in [0, 0.1) is 0 Å². The molecule has 0 radical (unpaired) electrons. The van der Waals surface area contributed by atoms with Crippen LogP contribution in [-0.4, -0.2) is 74.5 Å². The highest BCUT2D eigenvalue weighted by Gasteiger charge is 2.36. The maximum atomic E-state index is 12.4. The van der Waals surface area contributed by atoms with Crippen LogP contribution < -0.4 is 0 Å². The summed E-state index contributed by atoms with van der Waals surface area (Å²) in [4.78, 5) is 16.1. The number of piperazine rings is 1. The third kappa shape index (κ3) is 6.88. The van der Waals surface area contributed by atoms with Crippen LogP contribution in [0.15, 0.2) is 12.7 Å². The molecule has 0 aromatic carbocycles. The van der Waals surface area contributed by atoms with E-state index in [1.165, 1.54) is 0 Å². The van der Waals surface area contributed by atoms with E-state index in [-0.39, 0.29) is 24.8 Å². The predicted octanol–water partition coefficient (Wildman–Crippen LogP) is 1.46. The summed E-state index contributed by atoms with van der Waals surface area (Å²) >= 11 is 0. The molecule has 8 heteroatoms. The van der Waals surface area contributed by atoms with Gasteiger partial charge in [0.15, 0.2) is 0 Å². The normalized spacial score (nSPS) is 23.6. The van der Waals surface area contributed by atoms with Gasteiger partial charge in [0.05, 0.1) is 18.9 Å². The summed E-state index contributed by atoms with van der Waals surface area (Å²) in [6.07, 6.45) is 2.38. The highest BCUT2D eigenvalue weighted by atomic mass is 32.2. The Morgan fingerprint density at radius 2 is 1.96 bits per heavy atom. The van der Waals surface area contributed by atoms with Crippen LogP contribution in [-0.2, 0) is 19.0 Å². The second-order valence-corrected chi connectivity index (χ2v) is 8.47. The molecule has 7 nitrogen and oxygen atoms in total. The first kappa shape index (κ1) is 19.9. The summed E-state index contributed by atoms with van der Waals surface area (Å²) in [6, 6.07) is -0.258. The van der Waals surface area contributed by atoms with Gasteiger partial charge in [0.2, 0.25) is 0 Å². The molecular weight excluding hydrogens is 320 g/mol. The quantitative estimate of drug-likeness (QED) is 0.553. The van der Waals surface area contributed by atoms with E-state index in [4.69, 9.17) is 8.92 Å². The smallest absolute Gasteiger partial charge is 0.411 e. The van der Waals surface area contributed by atoms with Gasteiger partial charge in [-0.2, -0.15) is 8.42 Å². The number of carbonyl (C=O) groups is 1.